The fourth-order valence-electron chi connectivity index (χ4n) is 1.69. The van der Waals surface area contributed by atoms with Gasteiger partial charge in [-0.2, -0.15) is 0 Å². The van der Waals surface area contributed by atoms with E-state index in [1.165, 1.54) is 6.20 Å². The molecule has 94 valence electrons. The van der Waals surface area contributed by atoms with Gasteiger partial charge < -0.3 is 15.2 Å². The number of ether oxygens (including phenoxy) is 2. The van der Waals surface area contributed by atoms with Crippen LogP contribution in [0.5, 0.6) is 5.75 Å². The first kappa shape index (κ1) is 12.2. The van der Waals surface area contributed by atoms with Crippen molar-refractivity contribution in [1.82, 2.24) is 4.98 Å². The number of aromatic nitrogens is 1. The summed E-state index contributed by atoms with van der Waals surface area (Å²) in [6, 6.07) is 5.31. The van der Waals surface area contributed by atoms with Gasteiger partial charge in [-0.3, -0.25) is 4.98 Å². The molecule has 0 aliphatic rings. The van der Waals surface area contributed by atoms with E-state index in [0.717, 1.165) is 0 Å². The van der Waals surface area contributed by atoms with Crippen LogP contribution in [0.15, 0.2) is 24.4 Å². The lowest BCUT2D eigenvalue weighted by atomic mass is 10.1. The number of fused-ring (bicyclic) bond motifs is 1. The quantitative estimate of drug-likeness (QED) is 0.838. The van der Waals surface area contributed by atoms with Crippen LogP contribution in [-0.2, 0) is 4.74 Å². The third-order valence-electron chi connectivity index (χ3n) is 2.61. The average molecular weight is 246 g/mol. The highest BCUT2D eigenvalue weighted by atomic mass is 16.5. The number of benzene rings is 1. The zero-order valence-corrected chi connectivity index (χ0v) is 10.3. The third kappa shape index (κ3) is 2.07. The number of nitrogens with zero attached hydrogens (tertiary/aromatic N) is 1. The number of pyridine rings is 1. The van der Waals surface area contributed by atoms with Crippen LogP contribution in [0.4, 0.5) is 5.69 Å². The maximum absolute atomic E-state index is 11.7. The van der Waals surface area contributed by atoms with Crippen molar-refractivity contribution < 1.29 is 14.3 Å². The van der Waals surface area contributed by atoms with Crippen LogP contribution in [0.3, 0.4) is 0 Å². The Morgan fingerprint density at radius 1 is 1.44 bits per heavy atom. The Kier molecular flexibility index (Phi) is 3.32. The molecule has 0 radical (unpaired) electrons. The minimum atomic E-state index is -0.458. The second-order valence-electron chi connectivity index (χ2n) is 3.69. The van der Waals surface area contributed by atoms with Crippen molar-refractivity contribution in [2.24, 2.45) is 0 Å². The maximum Gasteiger partial charge on any atom is 0.341 e. The summed E-state index contributed by atoms with van der Waals surface area (Å²) < 4.78 is 10.0. The second-order valence-corrected chi connectivity index (χ2v) is 3.69. The van der Waals surface area contributed by atoms with Crippen molar-refractivity contribution >= 4 is 22.6 Å². The molecule has 0 spiro atoms. The number of hydrogen-bond donors (Lipinski definition) is 1. The van der Waals surface area contributed by atoms with Gasteiger partial charge in [-0.15, -0.1) is 0 Å². The van der Waals surface area contributed by atoms with Crippen molar-refractivity contribution in [2.75, 3.05) is 19.5 Å². The summed E-state index contributed by atoms with van der Waals surface area (Å²) in [5, 5.41) is 0.710. The maximum atomic E-state index is 11.7. The summed E-state index contributed by atoms with van der Waals surface area (Å²) in [4.78, 5) is 15.9. The number of anilines is 1. The van der Waals surface area contributed by atoms with Crippen molar-refractivity contribution in [2.45, 2.75) is 6.92 Å². The van der Waals surface area contributed by atoms with Gasteiger partial charge in [0.15, 0.2) is 0 Å². The SMILES string of the molecule is CCOC(=O)c1cnc2cc(OC)ccc2c1N. The lowest BCUT2D eigenvalue weighted by molar-refractivity contribution is 0.0527. The molecule has 0 bridgehead atoms. The molecule has 2 N–H and O–H groups in total. The molecule has 5 nitrogen and oxygen atoms in total. The minimum absolute atomic E-state index is 0.287. The van der Waals surface area contributed by atoms with Crippen LogP contribution in [-0.4, -0.2) is 24.7 Å². The number of nitrogen functional groups attached to an aromatic ring is 1. The van der Waals surface area contributed by atoms with Gasteiger partial charge in [-0.05, 0) is 19.1 Å². The van der Waals surface area contributed by atoms with Gasteiger partial charge in [-0.1, -0.05) is 0 Å². The van der Waals surface area contributed by atoms with E-state index in [0.29, 0.717) is 28.9 Å². The Bertz CT molecular complexity index is 596. The first-order valence-corrected chi connectivity index (χ1v) is 5.56. The molecule has 18 heavy (non-hydrogen) atoms. The topological polar surface area (TPSA) is 74.4 Å². The van der Waals surface area contributed by atoms with Crippen molar-refractivity contribution in [3.8, 4) is 5.75 Å². The van der Waals surface area contributed by atoms with Crippen molar-refractivity contribution in [1.29, 1.82) is 0 Å². The standard InChI is InChI=1S/C13H14N2O3/c1-3-18-13(16)10-7-15-11-6-8(17-2)4-5-9(11)12(10)14/h4-7H,3H2,1-2H3,(H2,14,15). The van der Waals surface area contributed by atoms with Crippen LogP contribution in [0.25, 0.3) is 10.9 Å². The van der Waals surface area contributed by atoms with E-state index in [-0.39, 0.29) is 5.56 Å². The fraction of sp³-hybridized carbons (Fsp3) is 0.231. The van der Waals surface area contributed by atoms with Crippen molar-refractivity contribution in [3.05, 3.63) is 30.0 Å². The summed E-state index contributed by atoms with van der Waals surface area (Å²) in [5.74, 6) is 0.235. The minimum Gasteiger partial charge on any atom is -0.497 e. The molecule has 2 rings (SSSR count). The molecule has 0 atom stereocenters. The van der Waals surface area contributed by atoms with Crippen LogP contribution in [0, 0.1) is 0 Å². The molecular weight excluding hydrogens is 232 g/mol. The monoisotopic (exact) mass is 246 g/mol. The number of esters is 1. The lowest BCUT2D eigenvalue weighted by Gasteiger charge is -2.08. The Morgan fingerprint density at radius 2 is 2.22 bits per heavy atom. The van der Waals surface area contributed by atoms with Crippen LogP contribution in [0.1, 0.15) is 17.3 Å². The predicted octanol–water partition coefficient (Wildman–Crippen LogP) is 2.00. The first-order valence-electron chi connectivity index (χ1n) is 5.56. The summed E-state index contributed by atoms with van der Waals surface area (Å²) in [5.41, 5.74) is 7.30. The summed E-state index contributed by atoms with van der Waals surface area (Å²) >= 11 is 0. The number of carbonyl (C=O) groups is 1. The smallest absolute Gasteiger partial charge is 0.341 e. The average Bonchev–Trinajstić information content (AvgIpc) is 2.38. The van der Waals surface area contributed by atoms with Gasteiger partial charge in [0.1, 0.15) is 11.3 Å². The predicted molar refractivity (Wildman–Crippen MR) is 68.7 cm³/mol. The fourth-order valence-corrected chi connectivity index (χ4v) is 1.69. The zero-order valence-electron chi connectivity index (χ0n) is 10.3. The van der Waals surface area contributed by atoms with Gasteiger partial charge in [0, 0.05) is 17.6 Å². The number of hydrogen-bond acceptors (Lipinski definition) is 5. The molecule has 0 amide bonds. The Labute approximate surface area is 105 Å². The molecule has 0 aliphatic carbocycles. The van der Waals surface area contributed by atoms with E-state index < -0.39 is 5.97 Å². The zero-order chi connectivity index (χ0) is 13.1. The van der Waals surface area contributed by atoms with E-state index in [2.05, 4.69) is 4.98 Å². The van der Waals surface area contributed by atoms with Gasteiger partial charge in [-0.25, -0.2) is 4.79 Å². The second kappa shape index (κ2) is 4.91. The molecular formula is C13H14N2O3. The molecule has 0 aliphatic heterocycles. The third-order valence-corrected chi connectivity index (χ3v) is 2.61. The Morgan fingerprint density at radius 3 is 2.89 bits per heavy atom. The van der Waals surface area contributed by atoms with E-state index in [9.17, 15) is 4.79 Å². The molecule has 1 heterocycles. The van der Waals surface area contributed by atoms with Crippen LogP contribution < -0.4 is 10.5 Å². The van der Waals surface area contributed by atoms with Gasteiger partial charge in [0.25, 0.3) is 0 Å². The number of methoxy groups -OCH3 is 1. The first-order chi connectivity index (χ1) is 8.67. The highest BCUT2D eigenvalue weighted by molar-refractivity contribution is 6.04. The molecule has 0 unspecified atom stereocenters. The highest BCUT2D eigenvalue weighted by Crippen LogP contribution is 2.26. The largest absolute Gasteiger partial charge is 0.497 e. The lowest BCUT2D eigenvalue weighted by Crippen LogP contribution is -2.09. The normalized spacial score (nSPS) is 10.3. The molecule has 0 saturated carbocycles. The molecule has 1 aromatic heterocycles. The number of nitrogens with two attached hydrogens (primary N) is 1. The van der Waals surface area contributed by atoms with Gasteiger partial charge in [0.05, 0.1) is 24.9 Å². The molecule has 5 heteroatoms. The molecule has 1 aromatic carbocycles. The molecule has 0 fully saturated rings. The van der Waals surface area contributed by atoms with Gasteiger partial charge >= 0.3 is 5.97 Å². The summed E-state index contributed by atoms with van der Waals surface area (Å²) in [7, 11) is 1.58. The van der Waals surface area contributed by atoms with Crippen molar-refractivity contribution in [3.63, 3.8) is 0 Å². The number of rotatable bonds is 3. The number of carbonyl (C=O) groups excluding carboxylic acids is 1. The Balaban J connectivity index is 2.54. The Hall–Kier alpha value is -2.30. The van der Waals surface area contributed by atoms with Gasteiger partial charge in [0.2, 0.25) is 0 Å². The van der Waals surface area contributed by atoms with E-state index in [1.807, 2.05) is 0 Å². The molecule has 0 saturated heterocycles. The summed E-state index contributed by atoms with van der Waals surface area (Å²) in [6.07, 6.45) is 1.43. The van der Waals surface area contributed by atoms with Crippen LogP contribution >= 0.6 is 0 Å². The molecule has 2 aromatic rings. The summed E-state index contributed by atoms with van der Waals surface area (Å²) in [6.45, 7) is 2.05. The highest BCUT2D eigenvalue weighted by Gasteiger charge is 2.14. The van der Waals surface area contributed by atoms with Crippen LogP contribution in [0.2, 0.25) is 0 Å². The van der Waals surface area contributed by atoms with E-state index >= 15 is 0 Å². The van der Waals surface area contributed by atoms with E-state index in [4.69, 9.17) is 15.2 Å². The van der Waals surface area contributed by atoms with E-state index in [1.54, 1.807) is 32.2 Å².